The Kier molecular flexibility index (Phi) is 4.09. The average molecular weight is 210 g/mol. The monoisotopic (exact) mass is 210 g/mol. The lowest BCUT2D eigenvalue weighted by Gasteiger charge is -2.36. The van der Waals surface area contributed by atoms with Crippen LogP contribution in [0.25, 0.3) is 0 Å². The second-order valence-electron chi connectivity index (χ2n) is 5.12. The van der Waals surface area contributed by atoms with Crippen molar-refractivity contribution in [3.05, 3.63) is 12.2 Å². The van der Waals surface area contributed by atoms with Crippen molar-refractivity contribution < 1.29 is 9.90 Å². The molecule has 0 heterocycles. The van der Waals surface area contributed by atoms with Gasteiger partial charge in [-0.3, -0.25) is 0 Å². The summed E-state index contributed by atoms with van der Waals surface area (Å²) in [6, 6.07) is 0. The van der Waals surface area contributed by atoms with Crippen LogP contribution in [-0.4, -0.2) is 17.0 Å². The molecule has 86 valence electrons. The molecule has 2 atom stereocenters. The Bertz CT molecular complexity index is 243. The largest absolute Gasteiger partial charge is 0.390 e. The average Bonchev–Trinajstić information content (AvgIpc) is 2.18. The molecule has 0 saturated carbocycles. The van der Waals surface area contributed by atoms with Crippen LogP contribution in [0.4, 0.5) is 0 Å². The number of rotatable bonds is 5. The molecule has 0 bridgehead atoms. The van der Waals surface area contributed by atoms with Crippen molar-refractivity contribution in [1.82, 2.24) is 0 Å². The van der Waals surface area contributed by atoms with Crippen molar-refractivity contribution in [2.45, 2.75) is 58.0 Å². The van der Waals surface area contributed by atoms with E-state index in [2.05, 4.69) is 19.1 Å². The number of hydrogen-bond acceptors (Lipinski definition) is 2. The Morgan fingerprint density at radius 1 is 1.53 bits per heavy atom. The molecule has 0 amide bonds. The molecule has 2 unspecified atom stereocenters. The fourth-order valence-electron chi connectivity index (χ4n) is 2.60. The summed E-state index contributed by atoms with van der Waals surface area (Å²) in [6.45, 7) is 3.91. The summed E-state index contributed by atoms with van der Waals surface area (Å²) in [5.41, 5.74) is -1.01. The summed E-state index contributed by atoms with van der Waals surface area (Å²) in [5.74, 6) is 0. The molecule has 0 aromatic carbocycles. The molecule has 1 aliphatic carbocycles. The van der Waals surface area contributed by atoms with Crippen LogP contribution in [0.3, 0.4) is 0 Å². The second kappa shape index (κ2) is 4.93. The van der Waals surface area contributed by atoms with Gasteiger partial charge in [0.15, 0.2) is 0 Å². The highest BCUT2D eigenvalue weighted by Gasteiger charge is 2.36. The molecule has 0 aliphatic heterocycles. The van der Waals surface area contributed by atoms with Gasteiger partial charge >= 0.3 is 0 Å². The molecule has 1 aliphatic rings. The fourth-order valence-corrected chi connectivity index (χ4v) is 2.60. The SMILES string of the molecule is CCCC(C)(O)CC1(C=O)CC=CCC1. The molecule has 0 saturated heterocycles. The van der Waals surface area contributed by atoms with Crippen LogP contribution >= 0.6 is 0 Å². The predicted octanol–water partition coefficient (Wildman–Crippen LogP) is 2.85. The zero-order valence-corrected chi connectivity index (χ0v) is 9.83. The molecule has 15 heavy (non-hydrogen) atoms. The van der Waals surface area contributed by atoms with Crippen molar-refractivity contribution >= 4 is 6.29 Å². The number of carbonyl (C=O) groups is 1. The number of carbonyl (C=O) groups excluding carboxylic acids is 1. The van der Waals surface area contributed by atoms with E-state index in [4.69, 9.17) is 0 Å². The van der Waals surface area contributed by atoms with Crippen LogP contribution in [0.5, 0.6) is 0 Å². The zero-order chi connectivity index (χ0) is 11.4. The molecule has 0 aromatic heterocycles. The van der Waals surface area contributed by atoms with Crippen molar-refractivity contribution in [3.8, 4) is 0 Å². The summed E-state index contributed by atoms with van der Waals surface area (Å²) < 4.78 is 0. The lowest BCUT2D eigenvalue weighted by Crippen LogP contribution is -2.36. The van der Waals surface area contributed by atoms with Crippen molar-refractivity contribution in [3.63, 3.8) is 0 Å². The van der Waals surface area contributed by atoms with E-state index in [9.17, 15) is 9.90 Å². The number of aliphatic hydroxyl groups is 1. The smallest absolute Gasteiger partial charge is 0.126 e. The number of aldehydes is 1. The first-order valence-corrected chi connectivity index (χ1v) is 5.87. The third kappa shape index (κ3) is 3.45. The molecule has 0 aromatic rings. The van der Waals surface area contributed by atoms with E-state index in [1.807, 2.05) is 6.92 Å². The van der Waals surface area contributed by atoms with E-state index in [0.29, 0.717) is 6.42 Å². The highest BCUT2D eigenvalue weighted by Crippen LogP contribution is 2.39. The maximum absolute atomic E-state index is 11.2. The van der Waals surface area contributed by atoms with Gasteiger partial charge in [-0.15, -0.1) is 0 Å². The van der Waals surface area contributed by atoms with Gasteiger partial charge in [0.05, 0.1) is 5.60 Å². The highest BCUT2D eigenvalue weighted by atomic mass is 16.3. The van der Waals surface area contributed by atoms with Gasteiger partial charge in [0, 0.05) is 5.41 Å². The lowest BCUT2D eigenvalue weighted by molar-refractivity contribution is -0.120. The van der Waals surface area contributed by atoms with Crippen LogP contribution in [0, 0.1) is 5.41 Å². The molecule has 0 fully saturated rings. The van der Waals surface area contributed by atoms with Gasteiger partial charge in [-0.25, -0.2) is 0 Å². The minimum Gasteiger partial charge on any atom is -0.390 e. The Morgan fingerprint density at radius 3 is 2.73 bits per heavy atom. The third-order valence-electron chi connectivity index (χ3n) is 3.27. The topological polar surface area (TPSA) is 37.3 Å². The molecule has 0 spiro atoms. The molecular weight excluding hydrogens is 188 g/mol. The van der Waals surface area contributed by atoms with E-state index in [1.165, 1.54) is 0 Å². The minimum atomic E-state index is -0.694. The van der Waals surface area contributed by atoms with Gasteiger partial charge in [0.1, 0.15) is 6.29 Å². The Morgan fingerprint density at radius 2 is 2.27 bits per heavy atom. The van der Waals surface area contributed by atoms with Gasteiger partial charge in [0.25, 0.3) is 0 Å². The van der Waals surface area contributed by atoms with Crippen molar-refractivity contribution in [2.24, 2.45) is 5.41 Å². The van der Waals surface area contributed by atoms with E-state index in [0.717, 1.165) is 38.4 Å². The Labute approximate surface area is 92.4 Å². The lowest BCUT2D eigenvalue weighted by atomic mass is 9.70. The second-order valence-corrected chi connectivity index (χ2v) is 5.12. The highest BCUT2D eigenvalue weighted by molar-refractivity contribution is 5.60. The standard InChI is InChI=1S/C13H22O2/c1-3-7-12(2,15)10-13(11-14)8-5-4-6-9-13/h4-5,11,15H,3,6-10H2,1-2H3. The van der Waals surface area contributed by atoms with E-state index >= 15 is 0 Å². The van der Waals surface area contributed by atoms with Crippen molar-refractivity contribution in [2.75, 3.05) is 0 Å². The molecule has 2 heteroatoms. The summed E-state index contributed by atoms with van der Waals surface area (Å²) in [6.07, 6.45) is 10.2. The predicted molar refractivity (Wildman–Crippen MR) is 61.6 cm³/mol. The quantitative estimate of drug-likeness (QED) is 0.559. The maximum Gasteiger partial charge on any atom is 0.126 e. The zero-order valence-electron chi connectivity index (χ0n) is 9.83. The summed E-state index contributed by atoms with van der Waals surface area (Å²) in [5, 5.41) is 10.2. The van der Waals surface area contributed by atoms with Gasteiger partial charge in [-0.1, -0.05) is 25.5 Å². The molecular formula is C13H22O2. The number of allylic oxidation sites excluding steroid dienone is 2. The van der Waals surface area contributed by atoms with Crippen LogP contribution in [-0.2, 0) is 4.79 Å². The van der Waals surface area contributed by atoms with Gasteiger partial charge in [-0.05, 0) is 39.0 Å². The molecule has 2 nitrogen and oxygen atoms in total. The first kappa shape index (κ1) is 12.4. The minimum absolute atomic E-state index is 0.312. The summed E-state index contributed by atoms with van der Waals surface area (Å²) in [4.78, 5) is 11.2. The fraction of sp³-hybridized carbons (Fsp3) is 0.769. The van der Waals surface area contributed by atoms with E-state index < -0.39 is 5.60 Å². The van der Waals surface area contributed by atoms with Crippen LogP contribution in [0.2, 0.25) is 0 Å². The number of hydrogen-bond donors (Lipinski definition) is 1. The third-order valence-corrected chi connectivity index (χ3v) is 3.27. The van der Waals surface area contributed by atoms with Gasteiger partial charge < -0.3 is 9.90 Å². The Hall–Kier alpha value is -0.630. The normalized spacial score (nSPS) is 29.8. The first-order chi connectivity index (χ1) is 7.04. The van der Waals surface area contributed by atoms with Gasteiger partial charge in [0.2, 0.25) is 0 Å². The summed E-state index contributed by atoms with van der Waals surface area (Å²) >= 11 is 0. The van der Waals surface area contributed by atoms with Crippen LogP contribution in [0.15, 0.2) is 12.2 Å². The summed E-state index contributed by atoms with van der Waals surface area (Å²) in [7, 11) is 0. The molecule has 1 rings (SSSR count). The van der Waals surface area contributed by atoms with E-state index in [1.54, 1.807) is 0 Å². The Balaban J connectivity index is 2.67. The van der Waals surface area contributed by atoms with Crippen molar-refractivity contribution in [1.29, 1.82) is 0 Å². The van der Waals surface area contributed by atoms with Crippen LogP contribution < -0.4 is 0 Å². The van der Waals surface area contributed by atoms with E-state index in [-0.39, 0.29) is 5.41 Å². The van der Waals surface area contributed by atoms with Gasteiger partial charge in [-0.2, -0.15) is 0 Å². The first-order valence-electron chi connectivity index (χ1n) is 5.87. The van der Waals surface area contributed by atoms with Crippen LogP contribution in [0.1, 0.15) is 52.4 Å². The molecule has 1 N–H and O–H groups in total. The molecule has 0 radical (unpaired) electrons. The maximum atomic E-state index is 11.2.